The van der Waals surface area contributed by atoms with Gasteiger partial charge in [-0.25, -0.2) is 13.1 Å². The van der Waals surface area contributed by atoms with Crippen LogP contribution in [0.1, 0.15) is 19.4 Å². The summed E-state index contributed by atoms with van der Waals surface area (Å²) in [5.74, 6) is 0. The highest BCUT2D eigenvalue weighted by atomic mass is 32.2. The second-order valence-electron chi connectivity index (χ2n) is 4.92. The molecule has 0 amide bonds. The average molecular weight is 313 g/mol. The van der Waals surface area contributed by atoms with Crippen LogP contribution in [0.4, 0.5) is 0 Å². The van der Waals surface area contributed by atoms with E-state index in [1.807, 2.05) is 19.2 Å². The van der Waals surface area contributed by atoms with Crippen molar-refractivity contribution in [1.29, 1.82) is 0 Å². The number of hydrogen-bond acceptors (Lipinski definition) is 4. The van der Waals surface area contributed by atoms with E-state index < -0.39 is 10.0 Å². The summed E-state index contributed by atoms with van der Waals surface area (Å²) in [7, 11) is -1.50. The minimum atomic E-state index is -3.40. The first-order valence-electron chi connectivity index (χ1n) is 7.49. The number of rotatable bonds is 10. The molecule has 0 aliphatic rings. The number of hydrogen-bond donors (Lipinski definition) is 2. The lowest BCUT2D eigenvalue weighted by Crippen LogP contribution is -2.34. The van der Waals surface area contributed by atoms with Gasteiger partial charge in [0.15, 0.2) is 0 Å². The van der Waals surface area contributed by atoms with Crippen LogP contribution in [0.2, 0.25) is 0 Å². The highest BCUT2D eigenvalue weighted by molar-refractivity contribution is 7.89. The third-order valence-electron chi connectivity index (χ3n) is 3.51. The summed E-state index contributed by atoms with van der Waals surface area (Å²) in [5, 5.41) is 3.08. The summed E-state index contributed by atoms with van der Waals surface area (Å²) in [6.45, 7) is 8.05. The van der Waals surface area contributed by atoms with E-state index in [-0.39, 0.29) is 0 Å². The fraction of sp³-hybridized carbons (Fsp3) is 0.600. The predicted molar refractivity (Wildman–Crippen MR) is 87.0 cm³/mol. The Bertz CT molecular complexity index is 496. The quantitative estimate of drug-likeness (QED) is 0.678. The van der Waals surface area contributed by atoms with Crippen molar-refractivity contribution < 1.29 is 8.42 Å². The van der Waals surface area contributed by atoms with Gasteiger partial charge in [0.25, 0.3) is 0 Å². The topological polar surface area (TPSA) is 61.4 Å². The van der Waals surface area contributed by atoms with Crippen LogP contribution >= 0.6 is 0 Å². The van der Waals surface area contributed by atoms with Gasteiger partial charge in [0.2, 0.25) is 10.0 Å². The Labute approximate surface area is 128 Å². The van der Waals surface area contributed by atoms with Crippen molar-refractivity contribution in [2.24, 2.45) is 0 Å². The molecular formula is C15H27N3O2S. The minimum Gasteiger partial charge on any atom is -0.319 e. The Kier molecular flexibility index (Phi) is 7.88. The summed E-state index contributed by atoms with van der Waals surface area (Å²) in [6, 6.07) is 7.09. The van der Waals surface area contributed by atoms with Crippen LogP contribution in [0.15, 0.2) is 29.2 Å². The van der Waals surface area contributed by atoms with E-state index in [2.05, 4.69) is 28.8 Å². The molecule has 0 spiro atoms. The van der Waals surface area contributed by atoms with Gasteiger partial charge in [-0.2, -0.15) is 0 Å². The maximum absolute atomic E-state index is 12.2. The molecule has 0 unspecified atom stereocenters. The molecule has 0 saturated heterocycles. The third-order valence-corrected chi connectivity index (χ3v) is 4.99. The molecule has 0 bridgehead atoms. The van der Waals surface area contributed by atoms with E-state index in [0.29, 0.717) is 11.4 Å². The molecule has 0 aliphatic carbocycles. The number of nitrogens with one attached hydrogen (secondary N) is 2. The largest absolute Gasteiger partial charge is 0.319 e. The van der Waals surface area contributed by atoms with Crippen molar-refractivity contribution in [2.75, 3.05) is 39.8 Å². The van der Waals surface area contributed by atoms with E-state index in [1.165, 1.54) is 0 Å². The Morgan fingerprint density at radius 1 is 1.05 bits per heavy atom. The first-order chi connectivity index (χ1) is 10.0. The van der Waals surface area contributed by atoms with Crippen molar-refractivity contribution in [3.8, 4) is 0 Å². The van der Waals surface area contributed by atoms with Gasteiger partial charge in [-0.3, -0.25) is 0 Å². The van der Waals surface area contributed by atoms with Crippen molar-refractivity contribution in [1.82, 2.24) is 14.9 Å². The van der Waals surface area contributed by atoms with Crippen molar-refractivity contribution in [3.63, 3.8) is 0 Å². The van der Waals surface area contributed by atoms with Gasteiger partial charge in [0.05, 0.1) is 4.90 Å². The second-order valence-corrected chi connectivity index (χ2v) is 6.69. The van der Waals surface area contributed by atoms with Gasteiger partial charge in [-0.15, -0.1) is 0 Å². The van der Waals surface area contributed by atoms with E-state index in [9.17, 15) is 8.42 Å². The maximum atomic E-state index is 12.2. The highest BCUT2D eigenvalue weighted by Crippen LogP contribution is 2.10. The van der Waals surface area contributed by atoms with E-state index >= 15 is 0 Å². The number of sulfonamides is 1. The van der Waals surface area contributed by atoms with Gasteiger partial charge in [-0.1, -0.05) is 26.0 Å². The SMILES string of the molecule is CCN(CC)CCNS(=O)(=O)c1ccc(CCNC)cc1. The van der Waals surface area contributed by atoms with E-state index in [0.717, 1.165) is 38.2 Å². The molecule has 0 heterocycles. The molecule has 2 N–H and O–H groups in total. The smallest absolute Gasteiger partial charge is 0.240 e. The lowest BCUT2D eigenvalue weighted by atomic mass is 10.1. The summed E-state index contributed by atoms with van der Waals surface area (Å²) in [6.07, 6.45) is 0.895. The fourth-order valence-corrected chi connectivity index (χ4v) is 3.09. The molecular weight excluding hydrogens is 286 g/mol. The molecule has 1 aromatic rings. The van der Waals surface area contributed by atoms with Gasteiger partial charge < -0.3 is 10.2 Å². The lowest BCUT2D eigenvalue weighted by Gasteiger charge is -2.18. The zero-order valence-corrected chi connectivity index (χ0v) is 14.0. The molecule has 0 fully saturated rings. The monoisotopic (exact) mass is 313 g/mol. The summed E-state index contributed by atoms with van der Waals surface area (Å²) < 4.78 is 27.0. The molecule has 0 atom stereocenters. The molecule has 120 valence electrons. The third kappa shape index (κ3) is 6.13. The van der Waals surface area contributed by atoms with Crippen LogP contribution in [0, 0.1) is 0 Å². The summed E-state index contributed by atoms with van der Waals surface area (Å²) in [5.41, 5.74) is 1.13. The Balaban J connectivity index is 2.57. The Morgan fingerprint density at radius 2 is 1.67 bits per heavy atom. The number of likely N-dealkylation sites (N-methyl/N-ethyl adjacent to an activating group) is 2. The number of benzene rings is 1. The zero-order chi connectivity index (χ0) is 15.7. The molecule has 21 heavy (non-hydrogen) atoms. The van der Waals surface area contributed by atoms with Gasteiger partial charge in [0.1, 0.15) is 0 Å². The van der Waals surface area contributed by atoms with Crippen LogP contribution in [0.25, 0.3) is 0 Å². The van der Waals surface area contributed by atoms with Gasteiger partial charge in [0, 0.05) is 13.1 Å². The van der Waals surface area contributed by atoms with Crippen molar-refractivity contribution in [3.05, 3.63) is 29.8 Å². The molecule has 0 radical (unpaired) electrons. The summed E-state index contributed by atoms with van der Waals surface area (Å²) in [4.78, 5) is 2.51. The lowest BCUT2D eigenvalue weighted by molar-refractivity contribution is 0.309. The van der Waals surface area contributed by atoms with E-state index in [1.54, 1.807) is 12.1 Å². The molecule has 1 aromatic carbocycles. The molecule has 6 heteroatoms. The van der Waals surface area contributed by atoms with E-state index in [4.69, 9.17) is 0 Å². The maximum Gasteiger partial charge on any atom is 0.240 e. The van der Waals surface area contributed by atoms with Crippen molar-refractivity contribution >= 4 is 10.0 Å². The molecule has 1 rings (SSSR count). The average Bonchev–Trinajstić information content (AvgIpc) is 2.50. The number of nitrogens with zero attached hydrogens (tertiary/aromatic N) is 1. The second kappa shape index (κ2) is 9.15. The highest BCUT2D eigenvalue weighted by Gasteiger charge is 2.13. The molecule has 0 aromatic heterocycles. The molecule has 0 saturated carbocycles. The Hall–Kier alpha value is -0.950. The normalized spacial score (nSPS) is 12.0. The summed E-state index contributed by atoms with van der Waals surface area (Å²) >= 11 is 0. The Morgan fingerprint density at radius 3 is 2.19 bits per heavy atom. The van der Waals surface area contributed by atoms with Gasteiger partial charge >= 0.3 is 0 Å². The fourth-order valence-electron chi connectivity index (χ4n) is 2.07. The van der Waals surface area contributed by atoms with Crippen LogP contribution in [-0.4, -0.2) is 53.1 Å². The predicted octanol–water partition coefficient (Wildman–Crippen LogP) is 1.07. The first-order valence-corrected chi connectivity index (χ1v) is 8.97. The van der Waals surface area contributed by atoms with Crippen LogP contribution in [0.3, 0.4) is 0 Å². The van der Waals surface area contributed by atoms with Gasteiger partial charge in [-0.05, 0) is 50.8 Å². The zero-order valence-electron chi connectivity index (χ0n) is 13.2. The molecule has 5 nitrogen and oxygen atoms in total. The van der Waals surface area contributed by atoms with Crippen LogP contribution in [-0.2, 0) is 16.4 Å². The molecule has 0 aliphatic heterocycles. The standard InChI is InChI=1S/C15H27N3O2S/c1-4-18(5-2)13-12-17-21(19,20)15-8-6-14(7-9-15)10-11-16-3/h6-9,16-17H,4-5,10-13H2,1-3H3. The first kappa shape index (κ1) is 18.1. The van der Waals surface area contributed by atoms with Crippen LogP contribution in [0.5, 0.6) is 0 Å². The minimum absolute atomic E-state index is 0.329. The van der Waals surface area contributed by atoms with Crippen LogP contribution < -0.4 is 10.0 Å². The van der Waals surface area contributed by atoms with Crippen molar-refractivity contribution in [2.45, 2.75) is 25.2 Å².